The van der Waals surface area contributed by atoms with E-state index in [0.717, 1.165) is 21.1 Å². The van der Waals surface area contributed by atoms with Crippen LogP contribution in [0, 0.1) is 0 Å². The number of anilines is 1. The summed E-state index contributed by atoms with van der Waals surface area (Å²) in [5, 5.41) is 4.34. The van der Waals surface area contributed by atoms with E-state index in [1.165, 1.54) is 7.11 Å². The summed E-state index contributed by atoms with van der Waals surface area (Å²) >= 11 is 3.41. The highest BCUT2D eigenvalue weighted by molar-refractivity contribution is 9.10. The van der Waals surface area contributed by atoms with E-state index in [9.17, 15) is 4.79 Å². The van der Waals surface area contributed by atoms with Gasteiger partial charge >= 0.3 is 5.97 Å². The Balaban J connectivity index is 2.23. The van der Waals surface area contributed by atoms with Gasteiger partial charge in [0.15, 0.2) is 0 Å². The SMILES string of the molecule is COC(=O)CC(C)Nc1cccc2cc(Br)cnc12. The first-order valence-electron chi connectivity index (χ1n) is 5.98. The van der Waals surface area contributed by atoms with Gasteiger partial charge in [-0.1, -0.05) is 12.1 Å². The summed E-state index contributed by atoms with van der Waals surface area (Å²) in [6.45, 7) is 1.94. The Kier molecular flexibility index (Phi) is 4.37. The number of fused-ring (bicyclic) bond motifs is 1. The molecule has 0 amide bonds. The molecule has 0 aliphatic heterocycles. The Hall–Kier alpha value is -1.62. The van der Waals surface area contributed by atoms with Gasteiger partial charge in [0.2, 0.25) is 0 Å². The molecule has 5 heteroatoms. The second-order valence-electron chi connectivity index (χ2n) is 4.36. The van der Waals surface area contributed by atoms with E-state index in [1.54, 1.807) is 6.20 Å². The Bertz CT molecular complexity index is 601. The molecule has 100 valence electrons. The van der Waals surface area contributed by atoms with Gasteiger partial charge in [-0.05, 0) is 35.0 Å². The zero-order valence-corrected chi connectivity index (χ0v) is 12.4. The summed E-state index contributed by atoms with van der Waals surface area (Å²) in [4.78, 5) is 15.6. The van der Waals surface area contributed by atoms with Crippen LogP contribution in [-0.4, -0.2) is 24.1 Å². The summed E-state index contributed by atoms with van der Waals surface area (Å²) in [6.07, 6.45) is 2.09. The largest absolute Gasteiger partial charge is 0.469 e. The maximum Gasteiger partial charge on any atom is 0.307 e. The van der Waals surface area contributed by atoms with Crippen molar-refractivity contribution >= 4 is 38.5 Å². The summed E-state index contributed by atoms with van der Waals surface area (Å²) in [7, 11) is 1.39. The highest BCUT2D eigenvalue weighted by Gasteiger charge is 2.11. The van der Waals surface area contributed by atoms with Crippen LogP contribution in [0.15, 0.2) is 34.9 Å². The quantitative estimate of drug-likeness (QED) is 0.877. The van der Waals surface area contributed by atoms with Crippen LogP contribution in [0.3, 0.4) is 0 Å². The van der Waals surface area contributed by atoms with Crippen LogP contribution in [0.4, 0.5) is 5.69 Å². The lowest BCUT2D eigenvalue weighted by atomic mass is 10.1. The van der Waals surface area contributed by atoms with Gasteiger partial charge in [0.25, 0.3) is 0 Å². The fourth-order valence-corrected chi connectivity index (χ4v) is 2.25. The van der Waals surface area contributed by atoms with Gasteiger partial charge in [-0.25, -0.2) is 0 Å². The topological polar surface area (TPSA) is 51.2 Å². The minimum Gasteiger partial charge on any atom is -0.469 e. The monoisotopic (exact) mass is 322 g/mol. The molecule has 1 unspecified atom stereocenters. The number of ether oxygens (including phenoxy) is 1. The number of aromatic nitrogens is 1. The van der Waals surface area contributed by atoms with Crippen LogP contribution in [0.5, 0.6) is 0 Å². The molecule has 0 aliphatic carbocycles. The summed E-state index contributed by atoms with van der Waals surface area (Å²) in [6, 6.07) is 7.92. The van der Waals surface area contributed by atoms with E-state index < -0.39 is 0 Å². The standard InChI is InChI=1S/C14H15BrN2O2/c1-9(6-13(18)19-2)17-12-5-3-4-10-7-11(15)8-16-14(10)12/h3-5,7-9,17H,6H2,1-2H3. The first-order chi connectivity index (χ1) is 9.10. The fraction of sp³-hybridized carbons (Fsp3) is 0.286. The highest BCUT2D eigenvalue weighted by atomic mass is 79.9. The van der Waals surface area contributed by atoms with E-state index >= 15 is 0 Å². The van der Waals surface area contributed by atoms with Gasteiger partial charge in [0, 0.05) is 22.1 Å². The summed E-state index contributed by atoms with van der Waals surface area (Å²) in [5.41, 5.74) is 1.81. The highest BCUT2D eigenvalue weighted by Crippen LogP contribution is 2.24. The van der Waals surface area contributed by atoms with Crippen LogP contribution >= 0.6 is 15.9 Å². The molecular formula is C14H15BrN2O2. The van der Waals surface area contributed by atoms with E-state index in [1.807, 2.05) is 31.2 Å². The zero-order chi connectivity index (χ0) is 13.8. The van der Waals surface area contributed by atoms with E-state index in [4.69, 9.17) is 0 Å². The van der Waals surface area contributed by atoms with Crippen LogP contribution in [0.2, 0.25) is 0 Å². The lowest BCUT2D eigenvalue weighted by molar-refractivity contribution is -0.140. The van der Waals surface area contributed by atoms with Crippen molar-refractivity contribution in [2.24, 2.45) is 0 Å². The van der Waals surface area contributed by atoms with E-state index in [-0.39, 0.29) is 12.0 Å². The average molecular weight is 323 g/mol. The molecule has 1 heterocycles. The third-order valence-electron chi connectivity index (χ3n) is 2.78. The Morgan fingerprint density at radius 3 is 3.05 bits per heavy atom. The smallest absolute Gasteiger partial charge is 0.307 e. The Morgan fingerprint density at radius 1 is 1.53 bits per heavy atom. The Labute approximate surface area is 120 Å². The van der Waals surface area contributed by atoms with Crippen LogP contribution in [0.1, 0.15) is 13.3 Å². The van der Waals surface area contributed by atoms with Crippen LogP contribution < -0.4 is 5.32 Å². The van der Waals surface area contributed by atoms with E-state index in [2.05, 4.69) is 31.0 Å². The number of halogens is 1. The molecule has 2 aromatic rings. The second kappa shape index (κ2) is 6.02. The number of carbonyl (C=O) groups excluding carboxylic acids is 1. The lowest BCUT2D eigenvalue weighted by Crippen LogP contribution is -2.20. The number of hydrogen-bond donors (Lipinski definition) is 1. The molecular weight excluding hydrogens is 308 g/mol. The van der Waals surface area contributed by atoms with Gasteiger partial charge in [0.1, 0.15) is 0 Å². The fourth-order valence-electron chi connectivity index (χ4n) is 1.90. The van der Waals surface area contributed by atoms with Crippen LogP contribution in [-0.2, 0) is 9.53 Å². The number of esters is 1. The van der Waals surface area contributed by atoms with Crippen molar-refractivity contribution in [3.05, 3.63) is 34.9 Å². The molecule has 2 rings (SSSR count). The third-order valence-corrected chi connectivity index (χ3v) is 3.21. The molecule has 0 bridgehead atoms. The number of nitrogens with zero attached hydrogens (tertiary/aromatic N) is 1. The van der Waals surface area contributed by atoms with Crippen molar-refractivity contribution in [1.82, 2.24) is 4.98 Å². The predicted octanol–water partition coefficient (Wildman–Crippen LogP) is 3.36. The van der Waals surface area contributed by atoms with Crippen molar-refractivity contribution in [3.8, 4) is 0 Å². The van der Waals surface area contributed by atoms with E-state index in [0.29, 0.717) is 6.42 Å². The van der Waals surface area contributed by atoms with Crippen molar-refractivity contribution in [1.29, 1.82) is 0 Å². The van der Waals surface area contributed by atoms with Crippen molar-refractivity contribution in [3.63, 3.8) is 0 Å². The van der Waals surface area contributed by atoms with Crippen molar-refractivity contribution in [2.45, 2.75) is 19.4 Å². The van der Waals surface area contributed by atoms with Crippen molar-refractivity contribution < 1.29 is 9.53 Å². The number of rotatable bonds is 4. The number of benzene rings is 1. The molecule has 0 saturated carbocycles. The maximum absolute atomic E-state index is 11.2. The normalized spacial score (nSPS) is 12.2. The summed E-state index contributed by atoms with van der Waals surface area (Å²) in [5.74, 6) is -0.226. The first-order valence-corrected chi connectivity index (χ1v) is 6.77. The Morgan fingerprint density at radius 2 is 2.32 bits per heavy atom. The number of nitrogens with one attached hydrogen (secondary N) is 1. The molecule has 1 aromatic heterocycles. The molecule has 19 heavy (non-hydrogen) atoms. The number of hydrogen-bond acceptors (Lipinski definition) is 4. The minimum atomic E-state index is -0.226. The summed E-state index contributed by atoms with van der Waals surface area (Å²) < 4.78 is 5.61. The molecule has 1 N–H and O–H groups in total. The average Bonchev–Trinajstić information content (AvgIpc) is 2.38. The first kappa shape index (κ1) is 13.8. The maximum atomic E-state index is 11.2. The van der Waals surface area contributed by atoms with Gasteiger partial charge in [-0.2, -0.15) is 0 Å². The molecule has 0 fully saturated rings. The number of methoxy groups -OCH3 is 1. The predicted molar refractivity (Wildman–Crippen MR) is 79.2 cm³/mol. The molecule has 0 spiro atoms. The van der Waals surface area contributed by atoms with Gasteiger partial charge in [-0.3, -0.25) is 9.78 Å². The van der Waals surface area contributed by atoms with Gasteiger partial charge in [-0.15, -0.1) is 0 Å². The lowest BCUT2D eigenvalue weighted by Gasteiger charge is -2.15. The molecule has 0 radical (unpaired) electrons. The molecule has 4 nitrogen and oxygen atoms in total. The number of carbonyl (C=O) groups is 1. The van der Waals surface area contributed by atoms with Gasteiger partial charge < -0.3 is 10.1 Å². The molecule has 0 saturated heterocycles. The zero-order valence-electron chi connectivity index (χ0n) is 10.8. The molecule has 1 aromatic carbocycles. The van der Waals surface area contributed by atoms with Gasteiger partial charge in [0.05, 0.1) is 24.7 Å². The number of para-hydroxylation sites is 1. The molecule has 0 aliphatic rings. The molecule has 1 atom stereocenters. The van der Waals surface area contributed by atoms with Crippen molar-refractivity contribution in [2.75, 3.05) is 12.4 Å². The third kappa shape index (κ3) is 3.44. The minimum absolute atomic E-state index is 0.0107. The second-order valence-corrected chi connectivity index (χ2v) is 5.27. The van der Waals surface area contributed by atoms with Crippen LogP contribution in [0.25, 0.3) is 10.9 Å². The number of pyridine rings is 1.